The Balaban J connectivity index is 2.82. The summed E-state index contributed by atoms with van der Waals surface area (Å²) in [6.45, 7) is -0.117. The first-order valence-electron chi connectivity index (χ1n) is 4.78. The molecule has 8 N–H and O–H groups in total. The zero-order chi connectivity index (χ0) is 12.5. The molecular formula is C8H16N2O6. The minimum atomic E-state index is -1.57. The summed E-state index contributed by atoms with van der Waals surface area (Å²) >= 11 is 0. The van der Waals surface area contributed by atoms with Gasteiger partial charge in [0.1, 0.15) is 30.5 Å². The van der Waals surface area contributed by atoms with Gasteiger partial charge in [-0.3, -0.25) is 4.79 Å². The van der Waals surface area contributed by atoms with Crippen molar-refractivity contribution in [3.63, 3.8) is 0 Å². The predicted octanol–water partition coefficient (Wildman–Crippen LogP) is -3.79. The van der Waals surface area contributed by atoms with Crippen LogP contribution in [-0.2, 0) is 9.53 Å². The zero-order valence-electron chi connectivity index (χ0n) is 8.43. The first-order chi connectivity index (χ1) is 7.40. The van der Waals surface area contributed by atoms with E-state index in [1.54, 1.807) is 0 Å². The van der Waals surface area contributed by atoms with Crippen LogP contribution in [0.2, 0.25) is 0 Å². The van der Waals surface area contributed by atoms with E-state index in [0.29, 0.717) is 0 Å². The Kier molecular flexibility index (Phi) is 4.19. The normalized spacial score (nSPS) is 41.7. The molecular weight excluding hydrogens is 220 g/mol. The van der Waals surface area contributed by atoms with E-state index in [-0.39, 0.29) is 6.54 Å². The number of aliphatic hydroxyl groups excluding tert-OH is 3. The first-order valence-corrected chi connectivity index (χ1v) is 4.78. The maximum atomic E-state index is 10.6. The average Bonchev–Trinajstić information content (AvgIpc) is 2.25. The van der Waals surface area contributed by atoms with Crippen molar-refractivity contribution in [3.8, 4) is 0 Å². The van der Waals surface area contributed by atoms with Crippen molar-refractivity contribution in [2.75, 3.05) is 6.54 Å². The van der Waals surface area contributed by atoms with Gasteiger partial charge in [0.25, 0.3) is 0 Å². The monoisotopic (exact) mass is 236 g/mol. The van der Waals surface area contributed by atoms with Crippen molar-refractivity contribution in [2.45, 2.75) is 36.6 Å². The molecule has 8 nitrogen and oxygen atoms in total. The van der Waals surface area contributed by atoms with E-state index >= 15 is 0 Å². The summed E-state index contributed by atoms with van der Waals surface area (Å²) in [5.74, 6) is -1.37. The summed E-state index contributed by atoms with van der Waals surface area (Å²) in [5.41, 5.74) is 10.6. The van der Waals surface area contributed by atoms with Crippen LogP contribution in [0.25, 0.3) is 0 Å². The maximum Gasteiger partial charge on any atom is 0.323 e. The molecule has 1 heterocycles. The van der Waals surface area contributed by atoms with Gasteiger partial charge in [0, 0.05) is 6.54 Å². The molecule has 1 rings (SSSR count). The number of hydrogen-bond acceptors (Lipinski definition) is 7. The lowest BCUT2D eigenvalue weighted by molar-refractivity contribution is -0.225. The van der Waals surface area contributed by atoms with Crippen LogP contribution in [0.4, 0.5) is 0 Å². The highest BCUT2D eigenvalue weighted by molar-refractivity contribution is 5.74. The predicted molar refractivity (Wildman–Crippen MR) is 51.3 cm³/mol. The van der Waals surface area contributed by atoms with Crippen molar-refractivity contribution in [2.24, 2.45) is 11.5 Å². The fourth-order valence-electron chi connectivity index (χ4n) is 1.61. The minimum absolute atomic E-state index is 0.117. The first kappa shape index (κ1) is 13.3. The Morgan fingerprint density at radius 2 is 1.81 bits per heavy atom. The molecule has 16 heavy (non-hydrogen) atoms. The highest BCUT2D eigenvalue weighted by Gasteiger charge is 2.46. The summed E-state index contributed by atoms with van der Waals surface area (Å²) in [6.07, 6.45) is -6.71. The van der Waals surface area contributed by atoms with E-state index in [1.807, 2.05) is 0 Å². The van der Waals surface area contributed by atoms with Gasteiger partial charge >= 0.3 is 5.97 Å². The molecule has 0 saturated carbocycles. The molecule has 1 aliphatic rings. The van der Waals surface area contributed by atoms with Crippen molar-refractivity contribution >= 4 is 5.97 Å². The van der Waals surface area contributed by atoms with E-state index in [1.165, 1.54) is 0 Å². The largest absolute Gasteiger partial charge is 0.480 e. The molecule has 94 valence electrons. The molecule has 0 bridgehead atoms. The Hall–Kier alpha value is -0.770. The lowest BCUT2D eigenvalue weighted by atomic mass is 9.91. The molecule has 0 spiro atoms. The standard InChI is InChI=1S/C8H16N2O6/c9-1-2-4(11)5(12)6(13)7(16-2)3(10)8(14)15/h2-7,11-13H,1,9-10H2,(H,14,15). The van der Waals surface area contributed by atoms with Gasteiger partial charge in [-0.15, -0.1) is 0 Å². The third-order valence-electron chi connectivity index (χ3n) is 2.62. The molecule has 0 aliphatic carbocycles. The smallest absolute Gasteiger partial charge is 0.323 e. The topological polar surface area (TPSA) is 159 Å². The summed E-state index contributed by atoms with van der Waals surface area (Å²) in [5, 5.41) is 37.1. The van der Waals surface area contributed by atoms with Gasteiger partial charge < -0.3 is 36.6 Å². The fraction of sp³-hybridized carbons (Fsp3) is 0.875. The van der Waals surface area contributed by atoms with Crippen LogP contribution >= 0.6 is 0 Å². The number of carbonyl (C=O) groups is 1. The molecule has 1 aliphatic heterocycles. The maximum absolute atomic E-state index is 10.6. The van der Waals surface area contributed by atoms with Crippen LogP contribution in [0.1, 0.15) is 0 Å². The third-order valence-corrected chi connectivity index (χ3v) is 2.62. The highest BCUT2D eigenvalue weighted by atomic mass is 16.5. The van der Waals surface area contributed by atoms with Crippen LogP contribution < -0.4 is 11.5 Å². The molecule has 6 atom stereocenters. The van der Waals surface area contributed by atoms with Crippen LogP contribution in [0.3, 0.4) is 0 Å². The lowest BCUT2D eigenvalue weighted by Gasteiger charge is -2.41. The SMILES string of the molecule is NCC1OC(C(N)C(=O)O)C(O)C(O)C1O. The molecule has 0 aromatic carbocycles. The van der Waals surface area contributed by atoms with Crippen LogP contribution in [0.15, 0.2) is 0 Å². The van der Waals surface area contributed by atoms with E-state index < -0.39 is 42.5 Å². The van der Waals surface area contributed by atoms with Crippen molar-refractivity contribution in [1.29, 1.82) is 0 Å². The van der Waals surface area contributed by atoms with Gasteiger partial charge in [-0.2, -0.15) is 0 Å². The number of ether oxygens (including phenoxy) is 1. The van der Waals surface area contributed by atoms with Gasteiger partial charge in [0.05, 0.1) is 6.10 Å². The number of aliphatic carboxylic acids is 1. The molecule has 0 aromatic heterocycles. The van der Waals surface area contributed by atoms with E-state index in [4.69, 9.17) is 21.3 Å². The summed E-state index contributed by atoms with van der Waals surface area (Å²) in [4.78, 5) is 10.6. The number of nitrogens with two attached hydrogens (primary N) is 2. The van der Waals surface area contributed by atoms with Crippen molar-refractivity contribution < 1.29 is 30.0 Å². The molecule has 6 unspecified atom stereocenters. The summed E-state index contributed by atoms with van der Waals surface area (Å²) < 4.78 is 5.06. The molecule has 8 heteroatoms. The van der Waals surface area contributed by atoms with Crippen LogP contribution in [0.5, 0.6) is 0 Å². The molecule has 1 saturated heterocycles. The van der Waals surface area contributed by atoms with Crippen LogP contribution in [0, 0.1) is 0 Å². The molecule has 0 radical (unpaired) electrons. The number of rotatable bonds is 3. The Labute approximate surface area is 91.4 Å². The van der Waals surface area contributed by atoms with Crippen LogP contribution in [-0.4, -0.2) is 69.5 Å². The average molecular weight is 236 g/mol. The minimum Gasteiger partial charge on any atom is -0.480 e. The second kappa shape index (κ2) is 5.04. The Morgan fingerprint density at radius 3 is 2.25 bits per heavy atom. The van der Waals surface area contributed by atoms with Gasteiger partial charge in [-0.05, 0) is 0 Å². The molecule has 0 aromatic rings. The van der Waals surface area contributed by atoms with E-state index in [0.717, 1.165) is 0 Å². The summed E-state index contributed by atoms with van der Waals surface area (Å²) in [6, 6.07) is -1.49. The van der Waals surface area contributed by atoms with Crippen molar-refractivity contribution in [3.05, 3.63) is 0 Å². The number of aliphatic hydroxyl groups is 3. The van der Waals surface area contributed by atoms with Gasteiger partial charge in [0.15, 0.2) is 0 Å². The highest BCUT2D eigenvalue weighted by Crippen LogP contribution is 2.22. The fourth-order valence-corrected chi connectivity index (χ4v) is 1.61. The summed E-state index contributed by atoms with van der Waals surface area (Å²) in [7, 11) is 0. The second-order valence-corrected chi connectivity index (χ2v) is 3.71. The van der Waals surface area contributed by atoms with Gasteiger partial charge in [-0.25, -0.2) is 0 Å². The second-order valence-electron chi connectivity index (χ2n) is 3.71. The Bertz CT molecular complexity index is 261. The van der Waals surface area contributed by atoms with Crippen molar-refractivity contribution in [1.82, 2.24) is 0 Å². The lowest BCUT2D eigenvalue weighted by Crippen LogP contribution is -2.64. The molecule has 1 fully saturated rings. The van der Waals surface area contributed by atoms with E-state index in [9.17, 15) is 20.1 Å². The Morgan fingerprint density at radius 1 is 1.25 bits per heavy atom. The number of hydrogen-bond donors (Lipinski definition) is 6. The number of carboxylic acids is 1. The third kappa shape index (κ3) is 2.32. The quantitative estimate of drug-likeness (QED) is 0.291. The van der Waals surface area contributed by atoms with Gasteiger partial charge in [0.2, 0.25) is 0 Å². The molecule has 0 amide bonds. The number of carboxylic acid groups (broad SMARTS) is 1. The zero-order valence-corrected chi connectivity index (χ0v) is 8.43. The van der Waals surface area contributed by atoms with Gasteiger partial charge in [-0.1, -0.05) is 0 Å². The van der Waals surface area contributed by atoms with E-state index in [2.05, 4.69) is 0 Å².